The van der Waals surface area contributed by atoms with Gasteiger partial charge in [-0.1, -0.05) is 144 Å². The van der Waals surface area contributed by atoms with Gasteiger partial charge in [-0.3, -0.25) is 0 Å². The van der Waals surface area contributed by atoms with Crippen LogP contribution in [0.1, 0.15) is 22.3 Å². The Morgan fingerprint density at radius 1 is 0.344 bits per heavy atom. The number of furan rings is 1. The van der Waals surface area contributed by atoms with Gasteiger partial charge in [0.15, 0.2) is 5.82 Å². The number of rotatable bonds is 6. The van der Waals surface area contributed by atoms with Crippen molar-refractivity contribution in [2.75, 3.05) is 0 Å². The number of aromatic nitrogens is 3. The van der Waals surface area contributed by atoms with E-state index in [9.17, 15) is 0 Å². The van der Waals surface area contributed by atoms with Gasteiger partial charge in [-0.05, 0) is 99.0 Å². The quantitative estimate of drug-likeness (QED) is 0.158. The minimum Gasteiger partial charge on any atom is -0.456 e. The molecule has 0 aliphatic carbocycles. The largest absolute Gasteiger partial charge is 0.456 e. The van der Waals surface area contributed by atoms with Gasteiger partial charge in [0.2, 0.25) is 0 Å². The summed E-state index contributed by atoms with van der Waals surface area (Å²) in [4.78, 5) is 15.9. The van der Waals surface area contributed by atoms with E-state index in [-0.39, 0.29) is 0 Å². The second kappa shape index (κ2) is 14.5. The van der Waals surface area contributed by atoms with Crippen LogP contribution in [0.25, 0.3) is 111 Å². The average Bonchev–Trinajstić information content (AvgIpc) is 3.66. The lowest BCUT2D eigenvalue weighted by Crippen LogP contribution is -1.98. The summed E-state index contributed by atoms with van der Waals surface area (Å²) in [6.45, 7) is 8.52. The SMILES string of the molecule is Cc1cc(C)cc(-c2cc(-c3cccc(-c4nc5ccccc5c5c(-c6ccc(-c7ccccc7)cc6)c6c(cc45)oc4ccccc46)c3)nc(-c3cc(C)cc(C)c3)n2)c1. The molecule has 4 heteroatoms. The van der Waals surface area contributed by atoms with Crippen LogP contribution in [0.2, 0.25) is 0 Å². The van der Waals surface area contributed by atoms with Crippen LogP contribution in [-0.4, -0.2) is 15.0 Å². The molecule has 8 aromatic carbocycles. The van der Waals surface area contributed by atoms with Crippen molar-refractivity contribution in [2.24, 2.45) is 0 Å². The number of nitrogens with zero attached hydrogens (tertiary/aromatic N) is 3. The minimum absolute atomic E-state index is 0.702. The standard InChI is InChI=1S/C57H41N3O/c1-34-25-35(2)28-43(27-34)50-33-49(59-57(60-50)44-29-36(3)26-37(4)30-44)41-15-12-16-42(31-41)56-47-32-52-55(46-18-9-11-20-51(46)61-52)53(54(47)45-17-8-10-19-48(45)58-56)40-23-21-39(22-24-40)38-13-6-5-7-14-38/h5-33H,1-4H3. The van der Waals surface area contributed by atoms with Crippen molar-refractivity contribution in [1.82, 2.24) is 15.0 Å². The van der Waals surface area contributed by atoms with E-state index in [1.165, 1.54) is 33.4 Å². The summed E-state index contributed by atoms with van der Waals surface area (Å²) in [5.41, 5.74) is 18.7. The van der Waals surface area contributed by atoms with E-state index in [0.29, 0.717) is 5.82 Å². The number of hydrogen-bond acceptors (Lipinski definition) is 4. The number of benzene rings is 8. The summed E-state index contributed by atoms with van der Waals surface area (Å²) in [6, 6.07) is 62.5. The lowest BCUT2D eigenvalue weighted by molar-refractivity contribution is 0.669. The Kier molecular flexibility index (Phi) is 8.68. The van der Waals surface area contributed by atoms with Crippen molar-refractivity contribution < 1.29 is 4.42 Å². The first-order chi connectivity index (χ1) is 29.8. The van der Waals surface area contributed by atoms with E-state index in [2.05, 4.69) is 198 Å². The third kappa shape index (κ3) is 6.54. The maximum atomic E-state index is 6.71. The van der Waals surface area contributed by atoms with Crippen LogP contribution >= 0.6 is 0 Å². The zero-order valence-corrected chi connectivity index (χ0v) is 34.5. The molecule has 0 N–H and O–H groups in total. The van der Waals surface area contributed by atoms with Gasteiger partial charge in [0, 0.05) is 54.7 Å². The predicted molar refractivity (Wildman–Crippen MR) is 254 cm³/mol. The Labute approximate surface area is 354 Å². The highest BCUT2D eigenvalue weighted by Crippen LogP contribution is 2.47. The highest BCUT2D eigenvalue weighted by atomic mass is 16.3. The maximum Gasteiger partial charge on any atom is 0.160 e. The van der Waals surface area contributed by atoms with E-state index >= 15 is 0 Å². The molecular weight excluding hydrogens is 743 g/mol. The van der Waals surface area contributed by atoms with Gasteiger partial charge in [-0.2, -0.15) is 0 Å². The summed E-state index contributed by atoms with van der Waals surface area (Å²) in [5, 5.41) is 5.46. The number of aryl methyl sites for hydroxylation is 4. The highest BCUT2D eigenvalue weighted by Gasteiger charge is 2.22. The summed E-state index contributed by atoms with van der Waals surface area (Å²) in [6.07, 6.45) is 0. The average molecular weight is 784 g/mol. The molecule has 0 unspecified atom stereocenters. The number of fused-ring (bicyclic) bond motifs is 6. The number of pyridine rings is 1. The first-order valence-corrected chi connectivity index (χ1v) is 20.8. The van der Waals surface area contributed by atoms with Crippen LogP contribution in [-0.2, 0) is 0 Å². The normalized spacial score (nSPS) is 11.6. The molecule has 0 saturated heterocycles. The van der Waals surface area contributed by atoms with Crippen LogP contribution in [0.3, 0.4) is 0 Å². The molecule has 0 bridgehead atoms. The second-order valence-corrected chi connectivity index (χ2v) is 16.4. The Bertz CT molecular complexity index is 3400. The zero-order valence-electron chi connectivity index (χ0n) is 34.5. The van der Waals surface area contributed by atoms with Gasteiger partial charge in [0.1, 0.15) is 11.2 Å². The van der Waals surface area contributed by atoms with Crippen LogP contribution in [0.5, 0.6) is 0 Å². The lowest BCUT2D eigenvalue weighted by Gasteiger charge is -2.16. The van der Waals surface area contributed by atoms with Crippen molar-refractivity contribution in [1.29, 1.82) is 0 Å². The van der Waals surface area contributed by atoms with Crippen LogP contribution < -0.4 is 0 Å². The van der Waals surface area contributed by atoms with Crippen molar-refractivity contribution in [3.8, 4) is 67.4 Å². The van der Waals surface area contributed by atoms with Gasteiger partial charge in [-0.15, -0.1) is 0 Å². The molecule has 11 aromatic rings. The molecule has 0 fully saturated rings. The van der Waals surface area contributed by atoms with Crippen molar-refractivity contribution >= 4 is 43.6 Å². The molecule has 11 rings (SSSR count). The fraction of sp³-hybridized carbons (Fsp3) is 0.0702. The summed E-state index contributed by atoms with van der Waals surface area (Å²) >= 11 is 0. The molecule has 290 valence electrons. The van der Waals surface area contributed by atoms with Crippen molar-refractivity contribution in [3.05, 3.63) is 198 Å². The molecular formula is C57H41N3O. The molecule has 3 heterocycles. The number of para-hydroxylation sites is 2. The maximum absolute atomic E-state index is 6.71. The zero-order chi connectivity index (χ0) is 41.2. The first-order valence-electron chi connectivity index (χ1n) is 20.8. The van der Waals surface area contributed by atoms with Gasteiger partial charge in [-0.25, -0.2) is 15.0 Å². The molecule has 4 nitrogen and oxygen atoms in total. The molecule has 61 heavy (non-hydrogen) atoms. The Hall–Kier alpha value is -7.69. The molecule has 0 atom stereocenters. The van der Waals surface area contributed by atoms with E-state index in [0.717, 1.165) is 94.1 Å². The van der Waals surface area contributed by atoms with E-state index < -0.39 is 0 Å². The molecule has 0 aliphatic heterocycles. The second-order valence-electron chi connectivity index (χ2n) is 16.4. The van der Waals surface area contributed by atoms with E-state index in [4.69, 9.17) is 19.4 Å². The Morgan fingerprint density at radius 2 is 0.918 bits per heavy atom. The van der Waals surface area contributed by atoms with Gasteiger partial charge in [0.05, 0.1) is 22.6 Å². The van der Waals surface area contributed by atoms with E-state index in [1.54, 1.807) is 0 Å². The molecule has 0 spiro atoms. The summed E-state index contributed by atoms with van der Waals surface area (Å²) in [5.74, 6) is 0.702. The van der Waals surface area contributed by atoms with Gasteiger partial charge < -0.3 is 4.42 Å². The van der Waals surface area contributed by atoms with Crippen molar-refractivity contribution in [3.63, 3.8) is 0 Å². The fourth-order valence-corrected chi connectivity index (χ4v) is 9.21. The van der Waals surface area contributed by atoms with Gasteiger partial charge >= 0.3 is 0 Å². The third-order valence-corrected chi connectivity index (χ3v) is 11.8. The highest BCUT2D eigenvalue weighted by molar-refractivity contribution is 6.27. The molecule has 0 aliphatic rings. The smallest absolute Gasteiger partial charge is 0.160 e. The lowest BCUT2D eigenvalue weighted by atomic mass is 9.88. The van der Waals surface area contributed by atoms with Crippen LogP contribution in [0, 0.1) is 27.7 Å². The molecule has 0 amide bonds. The molecule has 3 aromatic heterocycles. The summed E-state index contributed by atoms with van der Waals surface area (Å²) in [7, 11) is 0. The van der Waals surface area contributed by atoms with Crippen LogP contribution in [0.15, 0.2) is 180 Å². The molecule has 0 saturated carbocycles. The van der Waals surface area contributed by atoms with Crippen molar-refractivity contribution in [2.45, 2.75) is 27.7 Å². The summed E-state index contributed by atoms with van der Waals surface area (Å²) < 4.78 is 6.71. The van der Waals surface area contributed by atoms with E-state index in [1.807, 2.05) is 6.07 Å². The first kappa shape index (κ1) is 36.4. The predicted octanol–water partition coefficient (Wildman–Crippen LogP) is 15.3. The minimum atomic E-state index is 0.702. The fourth-order valence-electron chi connectivity index (χ4n) is 9.21. The number of hydrogen-bond donors (Lipinski definition) is 0. The van der Waals surface area contributed by atoms with Gasteiger partial charge in [0.25, 0.3) is 0 Å². The Balaban J connectivity index is 1.16. The molecule has 0 radical (unpaired) electrons. The topological polar surface area (TPSA) is 51.8 Å². The third-order valence-electron chi connectivity index (χ3n) is 11.8. The monoisotopic (exact) mass is 783 g/mol. The van der Waals surface area contributed by atoms with Crippen LogP contribution in [0.4, 0.5) is 0 Å². The Morgan fingerprint density at radius 3 is 1.66 bits per heavy atom.